The van der Waals surface area contributed by atoms with Crippen LogP contribution in [0.3, 0.4) is 0 Å². The van der Waals surface area contributed by atoms with Crippen LogP contribution in [-0.2, 0) is 14.8 Å². The van der Waals surface area contributed by atoms with Crippen molar-refractivity contribution in [2.24, 2.45) is 22.2 Å². The number of hydrogen-bond donors (Lipinski definition) is 2. The molecule has 160 valence electrons. The van der Waals surface area contributed by atoms with E-state index >= 15 is 0 Å². The van der Waals surface area contributed by atoms with Gasteiger partial charge in [-0.25, -0.2) is 13.4 Å². The van der Waals surface area contributed by atoms with Crippen molar-refractivity contribution in [2.45, 2.75) is 57.3 Å². The third kappa shape index (κ3) is 3.43. The van der Waals surface area contributed by atoms with E-state index in [4.69, 9.17) is 0 Å². The lowest BCUT2D eigenvalue weighted by Crippen LogP contribution is -2.58. The van der Waals surface area contributed by atoms with E-state index in [1.54, 1.807) is 23.7 Å². The lowest BCUT2D eigenvalue weighted by Gasteiger charge is -2.64. The van der Waals surface area contributed by atoms with Crippen molar-refractivity contribution >= 4 is 38.1 Å². The van der Waals surface area contributed by atoms with Crippen LogP contribution >= 0.6 is 11.3 Å². The first kappa shape index (κ1) is 20.0. The van der Waals surface area contributed by atoms with Gasteiger partial charge in [-0.05, 0) is 79.5 Å². The molecule has 2 aromatic rings. The molecule has 4 aliphatic rings. The Morgan fingerprint density at radius 1 is 1.07 bits per heavy atom. The Labute approximate surface area is 181 Å². The first-order valence-electron chi connectivity index (χ1n) is 10.4. The summed E-state index contributed by atoms with van der Waals surface area (Å²) in [6.07, 6.45) is 8.17. The molecule has 1 aromatic heterocycles. The molecule has 4 saturated carbocycles. The van der Waals surface area contributed by atoms with E-state index in [0.29, 0.717) is 16.7 Å². The van der Waals surface area contributed by atoms with Crippen LogP contribution in [0.5, 0.6) is 0 Å². The molecule has 4 aliphatic carbocycles. The number of benzene rings is 1. The van der Waals surface area contributed by atoms with E-state index in [2.05, 4.69) is 28.9 Å². The lowest BCUT2D eigenvalue weighted by atomic mass is 9.40. The smallest absolute Gasteiger partial charge is 0.263 e. The van der Waals surface area contributed by atoms with Crippen molar-refractivity contribution in [3.63, 3.8) is 0 Å². The van der Waals surface area contributed by atoms with Crippen molar-refractivity contribution in [2.75, 3.05) is 10.0 Å². The number of aromatic nitrogens is 1. The molecule has 4 fully saturated rings. The van der Waals surface area contributed by atoms with Crippen molar-refractivity contribution in [3.8, 4) is 0 Å². The average Bonchev–Trinajstić information content (AvgIpc) is 3.11. The molecular weight excluding hydrogens is 418 g/mol. The number of anilines is 2. The SMILES string of the molecule is CC12CC3CC(C)(C1)CC(C(=O)Nc1ccc(S(=O)(=O)Nc4nccs4)cc1)(C3)C2. The number of amides is 1. The van der Waals surface area contributed by atoms with Crippen molar-refractivity contribution in [1.82, 2.24) is 4.98 Å². The Hall–Kier alpha value is -1.93. The third-order valence-electron chi connectivity index (χ3n) is 7.18. The maximum absolute atomic E-state index is 13.4. The summed E-state index contributed by atoms with van der Waals surface area (Å²) in [5.74, 6) is 0.743. The van der Waals surface area contributed by atoms with Crippen LogP contribution < -0.4 is 10.0 Å². The van der Waals surface area contributed by atoms with Gasteiger partial charge in [0.1, 0.15) is 0 Å². The largest absolute Gasteiger partial charge is 0.326 e. The number of carbonyl (C=O) groups excluding carboxylic acids is 1. The van der Waals surface area contributed by atoms with Gasteiger partial charge < -0.3 is 5.32 Å². The highest BCUT2D eigenvalue weighted by Crippen LogP contribution is 2.69. The standard InChI is InChI=1S/C22H27N3O3S2/c1-20-9-15-10-21(2,12-20)14-22(11-15,13-20)18(26)24-16-3-5-17(6-4-16)30(27,28)25-19-23-7-8-29-19/h3-8,15H,9-14H2,1-2H3,(H,23,25)(H,24,26). The predicted octanol–water partition coefficient (Wildman–Crippen LogP) is 4.88. The van der Waals surface area contributed by atoms with Crippen molar-refractivity contribution < 1.29 is 13.2 Å². The molecule has 30 heavy (non-hydrogen) atoms. The zero-order chi connectivity index (χ0) is 21.2. The Morgan fingerprint density at radius 2 is 1.73 bits per heavy atom. The molecule has 0 radical (unpaired) electrons. The molecule has 0 aliphatic heterocycles. The lowest BCUT2D eigenvalue weighted by molar-refractivity contribution is -0.165. The molecule has 8 heteroatoms. The maximum atomic E-state index is 13.4. The molecule has 0 spiro atoms. The summed E-state index contributed by atoms with van der Waals surface area (Å²) in [5, 5.41) is 5.13. The normalized spacial score (nSPS) is 34.7. The zero-order valence-electron chi connectivity index (χ0n) is 17.3. The second-order valence-corrected chi connectivity index (χ2v) is 12.9. The quantitative estimate of drug-likeness (QED) is 0.687. The summed E-state index contributed by atoms with van der Waals surface area (Å²) in [4.78, 5) is 17.5. The van der Waals surface area contributed by atoms with Crippen LogP contribution in [0.15, 0.2) is 40.7 Å². The number of nitrogens with one attached hydrogen (secondary N) is 2. The fourth-order valence-electron chi connectivity index (χ4n) is 7.13. The number of nitrogens with zero attached hydrogens (tertiary/aromatic N) is 1. The van der Waals surface area contributed by atoms with Gasteiger partial charge in [-0.1, -0.05) is 13.8 Å². The van der Waals surface area contributed by atoms with Gasteiger partial charge in [0, 0.05) is 17.3 Å². The van der Waals surface area contributed by atoms with Gasteiger partial charge in [-0.15, -0.1) is 11.3 Å². The second kappa shape index (κ2) is 6.53. The number of thiazole rings is 1. The van der Waals surface area contributed by atoms with Crippen molar-refractivity contribution in [1.29, 1.82) is 0 Å². The molecule has 4 bridgehead atoms. The number of carbonyl (C=O) groups is 1. The summed E-state index contributed by atoms with van der Waals surface area (Å²) in [7, 11) is -3.70. The minimum absolute atomic E-state index is 0.0977. The predicted molar refractivity (Wildman–Crippen MR) is 118 cm³/mol. The van der Waals surface area contributed by atoms with Gasteiger partial charge >= 0.3 is 0 Å². The van der Waals surface area contributed by atoms with Crippen LogP contribution in [0, 0.1) is 22.2 Å². The van der Waals surface area contributed by atoms with E-state index in [0.717, 1.165) is 19.3 Å². The summed E-state index contributed by atoms with van der Waals surface area (Å²) in [5.41, 5.74) is 0.884. The molecular formula is C22H27N3O3S2. The van der Waals surface area contributed by atoms with Gasteiger partial charge in [-0.3, -0.25) is 9.52 Å². The van der Waals surface area contributed by atoms with Crippen molar-refractivity contribution in [3.05, 3.63) is 35.8 Å². The number of rotatable bonds is 5. The maximum Gasteiger partial charge on any atom is 0.263 e. The van der Waals surface area contributed by atoms with Crippen LogP contribution in [0.2, 0.25) is 0 Å². The minimum atomic E-state index is -3.70. The van der Waals surface area contributed by atoms with E-state index < -0.39 is 10.0 Å². The molecule has 6 nitrogen and oxygen atoms in total. The molecule has 2 atom stereocenters. The molecule has 1 aromatic carbocycles. The molecule has 2 N–H and O–H groups in total. The van der Waals surface area contributed by atoms with E-state index in [1.165, 1.54) is 42.7 Å². The Bertz CT molecular complexity index is 1060. The highest BCUT2D eigenvalue weighted by Gasteiger charge is 2.62. The second-order valence-electron chi connectivity index (χ2n) is 10.3. The van der Waals surface area contributed by atoms with E-state index in [-0.39, 0.29) is 27.0 Å². The third-order valence-corrected chi connectivity index (χ3v) is 9.36. The molecule has 2 unspecified atom stereocenters. The van der Waals surface area contributed by atoms with Gasteiger partial charge in [0.15, 0.2) is 5.13 Å². The van der Waals surface area contributed by atoms with Crippen LogP contribution in [0.1, 0.15) is 52.4 Å². The van der Waals surface area contributed by atoms with Crippen LogP contribution in [-0.4, -0.2) is 19.3 Å². The highest BCUT2D eigenvalue weighted by atomic mass is 32.2. The zero-order valence-corrected chi connectivity index (χ0v) is 18.9. The molecule has 6 rings (SSSR count). The topological polar surface area (TPSA) is 88.2 Å². The van der Waals surface area contributed by atoms with Gasteiger partial charge in [0.2, 0.25) is 5.91 Å². The fraction of sp³-hybridized carbons (Fsp3) is 0.545. The Kier molecular flexibility index (Phi) is 4.35. The summed E-state index contributed by atoms with van der Waals surface area (Å²) >= 11 is 1.22. The number of sulfonamides is 1. The Morgan fingerprint density at radius 3 is 2.30 bits per heavy atom. The summed E-state index contributed by atoms with van der Waals surface area (Å²) in [6.45, 7) is 4.71. The first-order chi connectivity index (χ1) is 14.1. The van der Waals surface area contributed by atoms with Gasteiger partial charge in [0.05, 0.1) is 10.3 Å². The average molecular weight is 446 g/mol. The van der Waals surface area contributed by atoms with E-state index in [9.17, 15) is 13.2 Å². The summed E-state index contributed by atoms with van der Waals surface area (Å²) < 4.78 is 27.5. The van der Waals surface area contributed by atoms with Crippen LogP contribution in [0.4, 0.5) is 10.8 Å². The van der Waals surface area contributed by atoms with Gasteiger partial charge in [0.25, 0.3) is 10.0 Å². The summed E-state index contributed by atoms with van der Waals surface area (Å²) in [6, 6.07) is 6.37. The fourth-order valence-corrected chi connectivity index (χ4v) is 8.92. The molecule has 1 amide bonds. The van der Waals surface area contributed by atoms with Crippen LogP contribution in [0.25, 0.3) is 0 Å². The molecule has 0 saturated heterocycles. The Balaban J connectivity index is 1.32. The molecule has 1 heterocycles. The minimum Gasteiger partial charge on any atom is -0.326 e. The monoisotopic (exact) mass is 445 g/mol. The highest BCUT2D eigenvalue weighted by molar-refractivity contribution is 7.93. The number of hydrogen-bond acceptors (Lipinski definition) is 5. The first-order valence-corrected chi connectivity index (χ1v) is 12.8. The van der Waals surface area contributed by atoms with E-state index in [1.807, 2.05) is 0 Å². The van der Waals surface area contributed by atoms with Gasteiger partial charge in [-0.2, -0.15) is 0 Å².